The van der Waals surface area contributed by atoms with Crippen LogP contribution in [0.4, 0.5) is 5.69 Å². The van der Waals surface area contributed by atoms with Crippen molar-refractivity contribution in [2.45, 2.75) is 31.2 Å². The topological polar surface area (TPSA) is 158 Å². The minimum atomic E-state index is -3.90. The van der Waals surface area contributed by atoms with Gasteiger partial charge in [0, 0.05) is 5.69 Å². The van der Waals surface area contributed by atoms with Crippen LogP contribution in [0.15, 0.2) is 17.0 Å². The number of nitrogens with two attached hydrogens (primary N) is 3. The van der Waals surface area contributed by atoms with Crippen LogP contribution < -0.4 is 21.9 Å². The first kappa shape index (κ1) is 17.1. The number of carbonyl (C=O) groups is 2. The Morgan fingerprint density at radius 3 is 2.33 bits per heavy atom. The van der Waals surface area contributed by atoms with Gasteiger partial charge in [0.05, 0.1) is 17.4 Å². The maximum Gasteiger partial charge on any atom is 0.241 e. The summed E-state index contributed by atoms with van der Waals surface area (Å²) in [6, 6.07) is 1.54. The Bertz CT molecular complexity index is 685. The molecule has 7 N–H and O–H groups in total. The highest BCUT2D eigenvalue weighted by Gasteiger charge is 2.19. The molecule has 9 heteroatoms. The predicted octanol–water partition coefficient (Wildman–Crippen LogP) is -0.908. The van der Waals surface area contributed by atoms with Crippen LogP contribution in [0, 0.1) is 13.8 Å². The summed E-state index contributed by atoms with van der Waals surface area (Å²) >= 11 is 0. The van der Waals surface area contributed by atoms with E-state index in [2.05, 4.69) is 5.32 Å². The zero-order valence-electron chi connectivity index (χ0n) is 11.7. The van der Waals surface area contributed by atoms with Crippen LogP contribution in [0.5, 0.6) is 0 Å². The Hall–Kier alpha value is -1.97. The van der Waals surface area contributed by atoms with E-state index < -0.39 is 27.9 Å². The van der Waals surface area contributed by atoms with E-state index in [1.54, 1.807) is 13.8 Å². The lowest BCUT2D eigenvalue weighted by Crippen LogP contribution is -2.39. The molecule has 0 saturated carbocycles. The van der Waals surface area contributed by atoms with Crippen LogP contribution in [0.2, 0.25) is 0 Å². The molecule has 0 aliphatic rings. The third kappa shape index (κ3) is 4.52. The van der Waals surface area contributed by atoms with Crippen LogP contribution in [-0.2, 0) is 19.6 Å². The fourth-order valence-corrected chi connectivity index (χ4v) is 2.28. The number of sulfonamides is 1. The number of primary amides is 1. The number of hydrogen-bond acceptors (Lipinski definition) is 5. The SMILES string of the molecule is Cc1cc(S(N)(=O)=O)cc(NC(=O)C(N)CC(N)=O)c1C. The van der Waals surface area contributed by atoms with Crippen molar-refractivity contribution in [1.29, 1.82) is 0 Å². The highest BCUT2D eigenvalue weighted by atomic mass is 32.2. The predicted molar refractivity (Wildman–Crippen MR) is 77.7 cm³/mol. The number of anilines is 1. The van der Waals surface area contributed by atoms with E-state index in [1.165, 1.54) is 12.1 Å². The second-order valence-corrected chi connectivity index (χ2v) is 6.29. The van der Waals surface area contributed by atoms with Gasteiger partial charge < -0.3 is 16.8 Å². The van der Waals surface area contributed by atoms with Gasteiger partial charge in [-0.2, -0.15) is 0 Å². The number of primary sulfonamides is 1. The molecule has 8 nitrogen and oxygen atoms in total. The zero-order valence-corrected chi connectivity index (χ0v) is 12.5. The van der Waals surface area contributed by atoms with Gasteiger partial charge in [-0.15, -0.1) is 0 Å². The molecule has 0 aliphatic heterocycles. The largest absolute Gasteiger partial charge is 0.370 e. The fraction of sp³-hybridized carbons (Fsp3) is 0.333. The molecule has 21 heavy (non-hydrogen) atoms. The molecule has 0 radical (unpaired) electrons. The lowest BCUT2D eigenvalue weighted by atomic mass is 10.1. The normalized spacial score (nSPS) is 12.8. The van der Waals surface area contributed by atoms with Crippen LogP contribution >= 0.6 is 0 Å². The van der Waals surface area contributed by atoms with Gasteiger partial charge in [0.15, 0.2) is 0 Å². The van der Waals surface area contributed by atoms with Crippen molar-refractivity contribution in [3.05, 3.63) is 23.3 Å². The molecule has 0 aliphatic carbocycles. The van der Waals surface area contributed by atoms with Gasteiger partial charge in [-0.3, -0.25) is 9.59 Å². The van der Waals surface area contributed by atoms with Crippen molar-refractivity contribution in [3.63, 3.8) is 0 Å². The summed E-state index contributed by atoms with van der Waals surface area (Å²) in [7, 11) is -3.90. The van der Waals surface area contributed by atoms with Crippen LogP contribution in [0.25, 0.3) is 0 Å². The number of aryl methyl sites for hydroxylation is 1. The van der Waals surface area contributed by atoms with E-state index in [4.69, 9.17) is 16.6 Å². The maximum atomic E-state index is 11.8. The number of hydrogen-bond donors (Lipinski definition) is 4. The van der Waals surface area contributed by atoms with E-state index in [9.17, 15) is 18.0 Å². The molecule has 2 amide bonds. The van der Waals surface area contributed by atoms with Gasteiger partial charge >= 0.3 is 0 Å². The first-order valence-corrected chi connectivity index (χ1v) is 7.55. The van der Waals surface area contributed by atoms with Crippen molar-refractivity contribution < 1.29 is 18.0 Å². The summed E-state index contributed by atoms with van der Waals surface area (Å²) in [5, 5.41) is 7.55. The molecular weight excluding hydrogens is 296 g/mol. The van der Waals surface area contributed by atoms with E-state index >= 15 is 0 Å². The molecule has 0 aromatic heterocycles. The average Bonchev–Trinajstić information content (AvgIpc) is 2.32. The van der Waals surface area contributed by atoms with Crippen LogP contribution in [0.3, 0.4) is 0 Å². The lowest BCUT2D eigenvalue weighted by molar-refractivity contribution is -0.123. The van der Waals surface area contributed by atoms with E-state index in [1.807, 2.05) is 0 Å². The standard InChI is InChI=1S/C12H18N4O4S/c1-6-3-8(21(15,19)20)4-10(7(6)2)16-12(18)9(13)5-11(14)17/h3-4,9H,5,13H2,1-2H3,(H2,14,17)(H,16,18)(H2,15,19,20). The molecule has 1 rings (SSSR count). The van der Waals surface area contributed by atoms with E-state index in [0.717, 1.165) is 0 Å². The average molecular weight is 314 g/mol. The van der Waals surface area contributed by atoms with Gasteiger partial charge in [-0.25, -0.2) is 13.6 Å². The number of amides is 2. The molecule has 0 bridgehead atoms. The highest BCUT2D eigenvalue weighted by Crippen LogP contribution is 2.23. The van der Waals surface area contributed by atoms with Crippen molar-refractivity contribution >= 4 is 27.5 Å². The fourth-order valence-electron chi connectivity index (χ4n) is 1.66. The third-order valence-corrected chi connectivity index (χ3v) is 3.88. The van der Waals surface area contributed by atoms with Crippen molar-refractivity contribution in [3.8, 4) is 0 Å². The van der Waals surface area contributed by atoms with Crippen LogP contribution in [-0.4, -0.2) is 26.3 Å². The summed E-state index contributed by atoms with van der Waals surface area (Å²) in [6.07, 6.45) is -0.307. The first-order valence-electron chi connectivity index (χ1n) is 6.01. The van der Waals surface area contributed by atoms with Gasteiger partial charge in [0.2, 0.25) is 21.8 Å². The zero-order chi connectivity index (χ0) is 16.4. The molecule has 0 heterocycles. The third-order valence-electron chi connectivity index (χ3n) is 2.99. The van der Waals surface area contributed by atoms with Gasteiger partial charge in [-0.05, 0) is 37.1 Å². The molecule has 1 aromatic carbocycles. The summed E-state index contributed by atoms with van der Waals surface area (Å²) in [5.41, 5.74) is 12.1. The molecule has 0 fully saturated rings. The monoisotopic (exact) mass is 314 g/mol. The summed E-state index contributed by atoms with van der Waals surface area (Å²) < 4.78 is 22.8. The summed E-state index contributed by atoms with van der Waals surface area (Å²) in [6.45, 7) is 3.39. The molecule has 1 aromatic rings. The Labute approximate surface area is 122 Å². The minimum Gasteiger partial charge on any atom is -0.370 e. The van der Waals surface area contributed by atoms with Gasteiger partial charge in [0.1, 0.15) is 0 Å². The first-order chi connectivity index (χ1) is 9.52. The molecule has 1 atom stereocenters. The Balaban J connectivity index is 3.11. The smallest absolute Gasteiger partial charge is 0.241 e. The van der Waals surface area contributed by atoms with Crippen molar-refractivity contribution in [2.24, 2.45) is 16.6 Å². The molecule has 0 spiro atoms. The molecular formula is C12H18N4O4S. The highest BCUT2D eigenvalue weighted by molar-refractivity contribution is 7.89. The number of carbonyl (C=O) groups excluding carboxylic acids is 2. The van der Waals surface area contributed by atoms with E-state index in [-0.39, 0.29) is 17.0 Å². The minimum absolute atomic E-state index is 0.121. The van der Waals surface area contributed by atoms with Gasteiger partial charge in [0.25, 0.3) is 0 Å². The van der Waals surface area contributed by atoms with Crippen molar-refractivity contribution in [2.75, 3.05) is 5.32 Å². The Morgan fingerprint density at radius 1 is 1.29 bits per heavy atom. The Kier molecular flexibility index (Phi) is 5.05. The number of benzene rings is 1. The molecule has 0 saturated heterocycles. The maximum absolute atomic E-state index is 11.8. The second-order valence-electron chi connectivity index (χ2n) is 4.72. The summed E-state index contributed by atoms with van der Waals surface area (Å²) in [4.78, 5) is 22.5. The van der Waals surface area contributed by atoms with Gasteiger partial charge in [-0.1, -0.05) is 0 Å². The number of rotatable bonds is 5. The van der Waals surface area contributed by atoms with E-state index in [0.29, 0.717) is 11.1 Å². The Morgan fingerprint density at radius 2 is 1.86 bits per heavy atom. The van der Waals surface area contributed by atoms with Crippen molar-refractivity contribution in [1.82, 2.24) is 0 Å². The molecule has 116 valence electrons. The molecule has 1 unspecified atom stereocenters. The lowest BCUT2D eigenvalue weighted by Gasteiger charge is -2.15. The van der Waals surface area contributed by atoms with Crippen LogP contribution in [0.1, 0.15) is 17.5 Å². The summed E-state index contributed by atoms with van der Waals surface area (Å²) in [5.74, 6) is -1.34. The number of nitrogens with one attached hydrogen (secondary N) is 1. The second kappa shape index (κ2) is 6.20. The quantitative estimate of drug-likeness (QED) is 0.553.